The van der Waals surface area contributed by atoms with Crippen molar-refractivity contribution in [3.05, 3.63) is 234 Å². The van der Waals surface area contributed by atoms with Gasteiger partial charge in [0.05, 0.1) is 38.5 Å². The van der Waals surface area contributed by atoms with Crippen LogP contribution in [0.5, 0.6) is 0 Å². The summed E-state index contributed by atoms with van der Waals surface area (Å²) >= 11 is -0.440. The fraction of sp³-hybridized carbons (Fsp3) is 0.370. The van der Waals surface area contributed by atoms with E-state index in [-0.39, 0.29) is 56.8 Å². The van der Waals surface area contributed by atoms with Crippen molar-refractivity contribution in [1.29, 1.82) is 0 Å². The number of halogens is 8. The summed E-state index contributed by atoms with van der Waals surface area (Å²) in [6.07, 6.45) is -17.1. The Labute approximate surface area is 615 Å². The van der Waals surface area contributed by atoms with Gasteiger partial charge in [-0.3, -0.25) is 19.2 Å². The van der Waals surface area contributed by atoms with Gasteiger partial charge in [-0.25, -0.2) is 8.78 Å². The quantitative estimate of drug-likeness (QED) is 0.0295. The molecule has 0 bridgehead atoms. The highest BCUT2D eigenvalue weighted by molar-refractivity contribution is 7.98. The molecule has 2 aromatic heterocycles. The second-order valence-corrected chi connectivity index (χ2v) is 21.0. The number of fused-ring (bicyclic) bond motifs is 2. The lowest BCUT2D eigenvalue weighted by Crippen LogP contribution is -2.40. The predicted octanol–water partition coefficient (Wildman–Crippen LogP) is 14.7. The molecular weight excluding hydrogens is 1270 g/mol. The molecule has 0 aliphatic heterocycles. The highest BCUT2D eigenvalue weighted by atomic mass is 32.2. The third-order valence-electron chi connectivity index (χ3n) is 13.1. The molecule has 0 saturated heterocycles. The summed E-state index contributed by atoms with van der Waals surface area (Å²) in [4.78, 5) is 63.8. The SMILES string of the molecule is [2H]C([2H])(Sc1nc(=O)c2c(n1C([2H])([2H])C(=O)N(Cc1ccc(-c3ccc(C(F)(F)F)cc3)cc1)C([2H])([2H])C([2H])([2H])N(C([2H])([2H])C)C([2H])([2H])C)CCC2)c1ccc(F)cc1.[2H]c1c([2H])c(C([2H])([2H])Sc2nc(=O)c3c(n2C([2H])([2H])C(=O)N(Cc2c([2H])c([2H])c(-c4c([2H])c([2H])c(C(F)(F)F)c([2H])c4[2H])c([2H])c2[2H])C([2H])([2H])C([2H])([2H])N(C([2H])([2H])C)C([2H])([2H])C)C([2H])([2H])C([2H])(C)C3([2H])[2H])c([2H])c([2H])c1F. The maximum Gasteiger partial charge on any atom is 0.416 e. The van der Waals surface area contributed by atoms with Gasteiger partial charge in [0.2, 0.25) is 11.8 Å². The van der Waals surface area contributed by atoms with Crippen LogP contribution in [0.2, 0.25) is 0 Å². The van der Waals surface area contributed by atoms with Crippen molar-refractivity contribution in [2.45, 2.75) is 127 Å². The summed E-state index contributed by atoms with van der Waals surface area (Å²) in [5.74, 6) is -10.3. The van der Waals surface area contributed by atoms with Crippen molar-refractivity contribution >= 4 is 35.3 Å². The molecule has 2 aliphatic rings. The summed E-state index contributed by atoms with van der Waals surface area (Å²) in [6, 6.07) is -4.72. The highest BCUT2D eigenvalue weighted by Gasteiger charge is 2.33. The van der Waals surface area contributed by atoms with Crippen LogP contribution in [0.25, 0.3) is 22.3 Å². The van der Waals surface area contributed by atoms with Gasteiger partial charge in [0.1, 0.15) is 24.6 Å². The third-order valence-corrected chi connectivity index (χ3v) is 14.7. The molecule has 22 heteroatoms. The zero-order valence-corrected chi connectivity index (χ0v) is 51.6. The fourth-order valence-electron chi connectivity index (χ4n) is 8.50. The van der Waals surface area contributed by atoms with Crippen LogP contribution < -0.4 is 11.1 Å². The molecule has 502 valence electrons. The lowest BCUT2D eigenvalue weighted by Gasteiger charge is -2.28. The van der Waals surface area contributed by atoms with Crippen LogP contribution >= 0.6 is 23.5 Å². The molecule has 6 aromatic carbocycles. The highest BCUT2D eigenvalue weighted by Crippen LogP contribution is 2.35. The average molecular weight is 1390 g/mol. The second kappa shape index (κ2) is 32.7. The van der Waals surface area contributed by atoms with Crippen LogP contribution in [0, 0.1) is 17.5 Å². The number of nitrogens with zero attached hydrogens (tertiary/aromatic N) is 8. The van der Waals surface area contributed by atoms with E-state index in [1.165, 1.54) is 36.4 Å². The van der Waals surface area contributed by atoms with E-state index in [0.717, 1.165) is 50.2 Å². The molecule has 1 atom stereocenters. The van der Waals surface area contributed by atoms with Gasteiger partial charge < -0.3 is 28.7 Å². The standard InChI is InChI=1S/C37H40F4N4O2S.C36H38F4N4O2S/c1-4-43(5-2)18-19-44(22-26-6-10-28(11-7-26)29-12-14-30(15-13-29)37(39,40)41)34(46)23-45-33-21-25(3)20-32(33)35(47)42-36(45)48-24-27-8-16-31(38)17-9-27;1-3-42(4-2)20-21-43(22-25-8-12-27(13-9-25)28-14-16-29(17-15-28)36(38,39)40)33(45)23-44-32-7-5-6-31(32)34(46)41-35(44)47-24-26-10-18-30(37)19-11-26/h6-17,25H,4-5,18-24H2,1-3H3;8-19H,3-7,20-24H2,1-2H3/i4D2,5D2,6D,7D,8D,9D,10D,11D,12D,13D,14D,15D,16D,17D,18D2,19D2,20D2,21D2,23D2,24D2,25D;3D2,4D2,20D2,21D2,23D2,24D2. The second-order valence-electron chi connectivity index (χ2n) is 19.4. The van der Waals surface area contributed by atoms with E-state index in [4.69, 9.17) is 48.0 Å². The summed E-state index contributed by atoms with van der Waals surface area (Å²) in [5, 5.41) is -2.31. The maximum atomic E-state index is 15.5. The Hall–Kier alpha value is -7.92. The molecular formula is C73H78F8N8O4S2. The van der Waals surface area contributed by atoms with Crippen molar-refractivity contribution in [3.63, 3.8) is 0 Å². The van der Waals surface area contributed by atoms with Crippen LogP contribution in [-0.2, 0) is 85.0 Å². The number of alkyl halides is 6. The van der Waals surface area contributed by atoms with Gasteiger partial charge in [-0.15, -0.1) is 0 Å². The van der Waals surface area contributed by atoms with Gasteiger partial charge >= 0.3 is 12.4 Å². The Morgan fingerprint density at radius 2 is 0.989 bits per heavy atom. The Bertz CT molecular complexity index is 6080. The first-order chi connectivity index (χ1) is 61.1. The Morgan fingerprint density at radius 3 is 1.51 bits per heavy atom. The minimum Gasteiger partial charge on any atom is -0.336 e. The van der Waals surface area contributed by atoms with Crippen LogP contribution in [0.1, 0.15) is 153 Å². The number of carbonyl (C=O) groups is 2. The topological polar surface area (TPSA) is 117 Å². The first kappa shape index (κ1) is 34.8. The third kappa shape index (κ3) is 19.2. The number of carbonyl (C=O) groups excluding carboxylic acids is 2. The van der Waals surface area contributed by atoms with Crippen LogP contribution in [0.3, 0.4) is 0 Å². The van der Waals surface area contributed by atoms with Crippen molar-refractivity contribution < 1.29 is 101 Å². The van der Waals surface area contributed by atoms with E-state index in [1.54, 1.807) is 0 Å². The molecule has 2 aliphatic carbocycles. The number of benzene rings is 6. The van der Waals surface area contributed by atoms with Crippen molar-refractivity contribution in [2.75, 3.05) is 52.0 Å². The number of aromatic nitrogens is 4. The fourth-order valence-corrected chi connectivity index (χ4v) is 9.87. The van der Waals surface area contributed by atoms with Crippen LogP contribution in [0.4, 0.5) is 35.1 Å². The first-order valence-electron chi connectivity index (χ1n) is 48.1. The van der Waals surface area contributed by atoms with Gasteiger partial charge in [-0.05, 0) is 157 Å². The summed E-state index contributed by atoms with van der Waals surface area (Å²) < 4.78 is 466. The van der Waals surface area contributed by atoms with E-state index in [9.17, 15) is 57.7 Å². The molecule has 8 aromatic rings. The van der Waals surface area contributed by atoms with Crippen LogP contribution in [-0.4, -0.2) is 102 Å². The first-order valence-corrected chi connectivity index (χ1v) is 29.3. The molecule has 2 amide bonds. The number of hydrogen-bond acceptors (Lipinski definition) is 10. The molecule has 0 fully saturated rings. The van der Waals surface area contributed by atoms with Gasteiger partial charge in [-0.2, -0.15) is 36.3 Å². The normalized spacial score (nSPS) is 23.5. The Balaban J connectivity index is 0.000000316. The van der Waals surface area contributed by atoms with Crippen molar-refractivity contribution in [1.82, 2.24) is 38.7 Å². The van der Waals surface area contributed by atoms with Crippen molar-refractivity contribution in [2.24, 2.45) is 5.89 Å². The van der Waals surface area contributed by atoms with E-state index in [2.05, 4.69) is 9.97 Å². The number of rotatable bonds is 26. The molecule has 0 N–H and O–H groups in total. The van der Waals surface area contributed by atoms with E-state index >= 15 is 4.79 Å². The largest absolute Gasteiger partial charge is 0.416 e. The van der Waals surface area contributed by atoms with Gasteiger partial charge in [0.15, 0.2) is 10.3 Å². The van der Waals surface area contributed by atoms with Crippen molar-refractivity contribution in [3.8, 4) is 22.3 Å². The molecule has 10 rings (SSSR count). The smallest absolute Gasteiger partial charge is 0.336 e. The molecule has 2 heterocycles. The van der Waals surface area contributed by atoms with E-state index < -0.39 is 309 Å². The number of hydrogen-bond donors (Lipinski definition) is 0. The Morgan fingerprint density at radius 1 is 0.537 bits per heavy atom. The average Bonchev–Trinajstić information content (AvgIpc) is 1.51. The molecule has 12 nitrogen and oxygen atoms in total. The molecule has 1 unspecified atom stereocenters. The minimum atomic E-state index is -5.52. The zero-order chi connectivity index (χ0) is 104. The van der Waals surface area contributed by atoms with E-state index in [0.29, 0.717) is 42.9 Å². The summed E-state index contributed by atoms with van der Waals surface area (Å²) in [5.41, 5.74) is -19.9. The van der Waals surface area contributed by atoms with Gasteiger partial charge in [0, 0.05) is 102 Å². The van der Waals surface area contributed by atoms with Crippen LogP contribution in [0.15, 0.2) is 165 Å². The number of thioether (sulfide) groups is 2. The summed E-state index contributed by atoms with van der Waals surface area (Å²) in [6.45, 7) is -37.2. The molecule has 0 spiro atoms. The van der Waals surface area contributed by atoms with Gasteiger partial charge in [0.25, 0.3) is 11.1 Å². The zero-order valence-electron chi connectivity index (χ0n) is 91.0. The number of likely N-dealkylation sites (N-methyl/N-ethyl adjacent to an activating group) is 2. The predicted molar refractivity (Wildman–Crippen MR) is 358 cm³/mol. The molecule has 0 radical (unpaired) electrons. The lowest BCUT2D eigenvalue weighted by atomic mass is 10.0. The maximum absolute atomic E-state index is 15.5. The minimum absolute atomic E-state index is 0.00152. The van der Waals surface area contributed by atoms with Gasteiger partial charge in [-0.1, -0.05) is 155 Å². The summed E-state index contributed by atoms with van der Waals surface area (Å²) in [7, 11) is 0. The number of amides is 2. The Kier molecular flexibility index (Phi) is 12.0. The molecule has 0 saturated carbocycles. The van der Waals surface area contributed by atoms with E-state index in [1.807, 2.05) is 0 Å². The molecule has 95 heavy (non-hydrogen) atoms. The monoisotopic (exact) mass is 1390 g/mol. The lowest BCUT2D eigenvalue weighted by molar-refractivity contribution is -0.138.